The van der Waals surface area contributed by atoms with Crippen LogP contribution in [-0.4, -0.2) is 46.5 Å². The van der Waals surface area contributed by atoms with Gasteiger partial charge in [-0.05, 0) is 0 Å². The number of carbonyl (C=O) groups is 1. The van der Waals surface area contributed by atoms with E-state index in [1.807, 2.05) is 0 Å². The zero-order valence-corrected chi connectivity index (χ0v) is 6.25. The van der Waals surface area contributed by atoms with Crippen molar-refractivity contribution in [3.05, 3.63) is 11.8 Å². The van der Waals surface area contributed by atoms with E-state index in [2.05, 4.69) is 0 Å². The molecule has 3 N–H and O–H groups in total. The molecule has 12 heavy (non-hydrogen) atoms. The summed E-state index contributed by atoms with van der Waals surface area (Å²) in [5.41, 5.74) is -0.0211. The number of aliphatic hydroxyl groups is 3. The van der Waals surface area contributed by atoms with E-state index in [9.17, 15) is 15.0 Å². The second-order valence-electron chi connectivity index (χ2n) is 2.53. The maximum atomic E-state index is 10.2. The second kappa shape index (κ2) is 3.66. The Labute approximate surface area is 68.9 Å². The predicted molar refractivity (Wildman–Crippen MR) is 38.1 cm³/mol. The number of ether oxygens (including phenoxy) is 1. The lowest BCUT2D eigenvalue weighted by Gasteiger charge is -2.29. The lowest BCUT2D eigenvalue weighted by molar-refractivity contribution is -0.113. The average molecular weight is 174 g/mol. The first-order chi connectivity index (χ1) is 5.70. The Kier molecular flexibility index (Phi) is 2.80. The summed E-state index contributed by atoms with van der Waals surface area (Å²) < 4.78 is 4.76. The number of rotatable bonds is 2. The molecule has 0 amide bonds. The van der Waals surface area contributed by atoms with Gasteiger partial charge in [0.1, 0.15) is 18.3 Å². The predicted octanol–water partition coefficient (Wildman–Crippen LogP) is -1.82. The number of carbonyl (C=O) groups excluding carboxylic acids is 1. The van der Waals surface area contributed by atoms with E-state index in [0.29, 0.717) is 6.29 Å². The lowest BCUT2D eigenvalue weighted by atomic mass is 10.0. The molecule has 1 heterocycles. The topological polar surface area (TPSA) is 87.0 Å². The van der Waals surface area contributed by atoms with Crippen molar-refractivity contribution in [2.24, 2.45) is 0 Å². The normalized spacial score (nSPS) is 35.2. The summed E-state index contributed by atoms with van der Waals surface area (Å²) >= 11 is 0. The van der Waals surface area contributed by atoms with Gasteiger partial charge in [-0.25, -0.2) is 0 Å². The van der Waals surface area contributed by atoms with Crippen LogP contribution in [0.15, 0.2) is 11.8 Å². The molecule has 0 spiro atoms. The lowest BCUT2D eigenvalue weighted by Crippen LogP contribution is -2.44. The molecule has 0 aromatic rings. The SMILES string of the molecule is O=CC1=CO[C@H](CO)[C@H](O)[C@@H]1O. The van der Waals surface area contributed by atoms with E-state index in [4.69, 9.17) is 9.84 Å². The van der Waals surface area contributed by atoms with E-state index in [0.717, 1.165) is 6.26 Å². The fourth-order valence-corrected chi connectivity index (χ4v) is 0.965. The molecule has 68 valence electrons. The van der Waals surface area contributed by atoms with Gasteiger partial charge in [0.05, 0.1) is 18.4 Å². The highest BCUT2D eigenvalue weighted by molar-refractivity contribution is 5.74. The van der Waals surface area contributed by atoms with Crippen molar-refractivity contribution in [2.45, 2.75) is 18.3 Å². The van der Waals surface area contributed by atoms with Gasteiger partial charge in [-0.15, -0.1) is 0 Å². The third-order valence-corrected chi connectivity index (χ3v) is 1.74. The Hall–Kier alpha value is -0.910. The van der Waals surface area contributed by atoms with Crippen molar-refractivity contribution in [3.63, 3.8) is 0 Å². The molecule has 5 nitrogen and oxygen atoms in total. The number of hydrogen-bond acceptors (Lipinski definition) is 5. The van der Waals surface area contributed by atoms with Gasteiger partial charge in [-0.1, -0.05) is 0 Å². The standard InChI is InChI=1S/C7H10O5/c8-1-4-3-12-5(2-9)7(11)6(4)10/h1,3,5-7,9-11H,2H2/t5-,6-,7+/m1/s1. The quantitative estimate of drug-likeness (QED) is 0.429. The smallest absolute Gasteiger partial charge is 0.151 e. The first-order valence-corrected chi connectivity index (χ1v) is 3.48. The Morgan fingerprint density at radius 3 is 2.75 bits per heavy atom. The maximum absolute atomic E-state index is 10.2. The van der Waals surface area contributed by atoms with Crippen LogP contribution in [0.4, 0.5) is 0 Å². The third-order valence-electron chi connectivity index (χ3n) is 1.74. The first-order valence-electron chi connectivity index (χ1n) is 3.48. The summed E-state index contributed by atoms with van der Waals surface area (Å²) in [6.45, 7) is -0.402. The van der Waals surface area contributed by atoms with Crippen molar-refractivity contribution in [1.82, 2.24) is 0 Å². The molecule has 0 saturated carbocycles. The zero-order chi connectivity index (χ0) is 9.14. The van der Waals surface area contributed by atoms with Crippen LogP contribution in [-0.2, 0) is 9.53 Å². The highest BCUT2D eigenvalue weighted by Gasteiger charge is 2.33. The largest absolute Gasteiger partial charge is 0.492 e. The number of aliphatic hydroxyl groups excluding tert-OH is 3. The molecule has 0 aromatic heterocycles. The summed E-state index contributed by atoms with van der Waals surface area (Å²) in [6.07, 6.45) is -1.93. The summed E-state index contributed by atoms with van der Waals surface area (Å²) in [5.74, 6) is 0. The molecule has 5 heteroatoms. The van der Waals surface area contributed by atoms with Gasteiger partial charge in [0.15, 0.2) is 6.29 Å². The van der Waals surface area contributed by atoms with Gasteiger partial charge in [0.2, 0.25) is 0 Å². The van der Waals surface area contributed by atoms with Crippen molar-refractivity contribution >= 4 is 6.29 Å². The molecular weight excluding hydrogens is 164 g/mol. The first kappa shape index (κ1) is 9.18. The molecule has 1 aliphatic heterocycles. The van der Waals surface area contributed by atoms with Crippen molar-refractivity contribution in [1.29, 1.82) is 0 Å². The Morgan fingerprint density at radius 1 is 1.58 bits per heavy atom. The van der Waals surface area contributed by atoms with E-state index < -0.39 is 24.9 Å². The van der Waals surface area contributed by atoms with Gasteiger partial charge >= 0.3 is 0 Å². The maximum Gasteiger partial charge on any atom is 0.151 e. The summed E-state index contributed by atoms with van der Waals surface area (Å²) in [6, 6.07) is 0. The van der Waals surface area contributed by atoms with Crippen LogP contribution < -0.4 is 0 Å². The zero-order valence-electron chi connectivity index (χ0n) is 6.25. The van der Waals surface area contributed by atoms with Crippen LogP contribution >= 0.6 is 0 Å². The highest BCUT2D eigenvalue weighted by atomic mass is 16.5. The molecular formula is C7H10O5. The molecule has 0 aliphatic carbocycles. The summed E-state index contributed by atoms with van der Waals surface area (Å²) in [5, 5.41) is 27.0. The van der Waals surface area contributed by atoms with Gasteiger partial charge in [0, 0.05) is 0 Å². The van der Waals surface area contributed by atoms with Crippen molar-refractivity contribution < 1.29 is 24.9 Å². The molecule has 1 rings (SSSR count). The Balaban J connectivity index is 2.75. The molecule has 0 radical (unpaired) electrons. The monoisotopic (exact) mass is 174 g/mol. The van der Waals surface area contributed by atoms with E-state index >= 15 is 0 Å². The average Bonchev–Trinajstić information content (AvgIpc) is 2.10. The minimum Gasteiger partial charge on any atom is -0.492 e. The highest BCUT2D eigenvalue weighted by Crippen LogP contribution is 2.16. The van der Waals surface area contributed by atoms with Crippen LogP contribution in [0.3, 0.4) is 0 Å². The minimum atomic E-state index is -1.27. The van der Waals surface area contributed by atoms with Gasteiger partial charge in [-0.2, -0.15) is 0 Å². The molecule has 0 unspecified atom stereocenters. The van der Waals surface area contributed by atoms with Crippen molar-refractivity contribution in [3.8, 4) is 0 Å². The summed E-state index contributed by atoms with van der Waals surface area (Å²) in [7, 11) is 0. The Bertz CT molecular complexity index is 200. The van der Waals surface area contributed by atoms with Crippen LogP contribution in [0.5, 0.6) is 0 Å². The third kappa shape index (κ3) is 1.47. The van der Waals surface area contributed by atoms with Crippen LogP contribution in [0.25, 0.3) is 0 Å². The molecule has 0 aromatic carbocycles. The Morgan fingerprint density at radius 2 is 2.25 bits per heavy atom. The van der Waals surface area contributed by atoms with E-state index in [1.165, 1.54) is 0 Å². The fourth-order valence-electron chi connectivity index (χ4n) is 0.965. The van der Waals surface area contributed by atoms with Crippen molar-refractivity contribution in [2.75, 3.05) is 6.61 Å². The molecule has 3 atom stereocenters. The minimum absolute atomic E-state index is 0.0211. The van der Waals surface area contributed by atoms with Gasteiger partial charge in [-0.3, -0.25) is 4.79 Å². The second-order valence-corrected chi connectivity index (χ2v) is 2.53. The summed E-state index contributed by atoms with van der Waals surface area (Å²) in [4.78, 5) is 10.2. The molecule has 0 fully saturated rings. The number of aldehydes is 1. The molecule has 1 aliphatic rings. The van der Waals surface area contributed by atoms with Crippen LogP contribution in [0.1, 0.15) is 0 Å². The van der Waals surface area contributed by atoms with Crippen LogP contribution in [0, 0.1) is 0 Å². The molecule has 0 saturated heterocycles. The van der Waals surface area contributed by atoms with Gasteiger partial charge < -0.3 is 20.1 Å². The fraction of sp³-hybridized carbons (Fsp3) is 0.571. The molecule has 0 bridgehead atoms. The number of hydrogen-bond donors (Lipinski definition) is 3. The van der Waals surface area contributed by atoms with Crippen LogP contribution in [0.2, 0.25) is 0 Å². The van der Waals surface area contributed by atoms with E-state index in [1.54, 1.807) is 0 Å². The van der Waals surface area contributed by atoms with E-state index in [-0.39, 0.29) is 5.57 Å². The van der Waals surface area contributed by atoms with Gasteiger partial charge in [0.25, 0.3) is 0 Å².